The first kappa shape index (κ1) is 22.8. The van der Waals surface area contributed by atoms with Crippen LogP contribution in [-0.4, -0.2) is 43.2 Å². The van der Waals surface area contributed by atoms with Crippen molar-refractivity contribution >= 4 is 18.0 Å². The third-order valence-electron chi connectivity index (χ3n) is 6.80. The maximum atomic E-state index is 13.4. The molecule has 1 aliphatic heterocycles. The van der Waals surface area contributed by atoms with Crippen LogP contribution in [0.1, 0.15) is 50.0 Å². The molecule has 0 N–H and O–H groups in total. The highest BCUT2D eigenvalue weighted by atomic mass is 16.6. The first-order valence-corrected chi connectivity index (χ1v) is 11.0. The van der Waals surface area contributed by atoms with Crippen molar-refractivity contribution in [2.24, 2.45) is 10.8 Å². The van der Waals surface area contributed by atoms with Gasteiger partial charge in [0.05, 0.1) is 20.3 Å². The van der Waals surface area contributed by atoms with E-state index in [4.69, 9.17) is 14.2 Å². The van der Waals surface area contributed by atoms with Crippen LogP contribution in [0.2, 0.25) is 0 Å². The standard InChI is InChI=1S/C26H29NO6/c1-25(2)15-19(26(16-25,22(28)31-3)23(29)32-4)27-20(17-11-7-5-8-12-17)21(33-24(27)30)18-13-9-6-10-14-18/h5-14,19-21H,15-16H2,1-4H3/t19-,20+,21-/m0/s1. The van der Waals surface area contributed by atoms with E-state index in [1.165, 1.54) is 14.2 Å². The predicted octanol–water partition coefficient (Wildman–Crippen LogP) is 4.44. The van der Waals surface area contributed by atoms with Gasteiger partial charge in [-0.1, -0.05) is 74.5 Å². The van der Waals surface area contributed by atoms with E-state index >= 15 is 0 Å². The molecule has 0 bridgehead atoms. The van der Waals surface area contributed by atoms with Gasteiger partial charge in [-0.3, -0.25) is 14.5 Å². The number of hydrogen-bond donors (Lipinski definition) is 0. The average molecular weight is 452 g/mol. The summed E-state index contributed by atoms with van der Waals surface area (Å²) in [6, 6.07) is 17.7. The van der Waals surface area contributed by atoms with Crippen LogP contribution < -0.4 is 0 Å². The van der Waals surface area contributed by atoms with Gasteiger partial charge in [-0.15, -0.1) is 0 Å². The zero-order valence-electron chi connectivity index (χ0n) is 19.3. The summed E-state index contributed by atoms with van der Waals surface area (Å²) >= 11 is 0. The molecule has 7 nitrogen and oxygen atoms in total. The minimum Gasteiger partial charge on any atom is -0.468 e. The molecule has 2 fully saturated rings. The number of rotatable bonds is 5. The molecule has 7 heteroatoms. The summed E-state index contributed by atoms with van der Waals surface area (Å²) in [6.07, 6.45) is -0.557. The van der Waals surface area contributed by atoms with Gasteiger partial charge >= 0.3 is 18.0 Å². The van der Waals surface area contributed by atoms with Crippen molar-refractivity contribution in [1.29, 1.82) is 0 Å². The van der Waals surface area contributed by atoms with Gasteiger partial charge < -0.3 is 14.2 Å². The maximum absolute atomic E-state index is 13.4. The second-order valence-corrected chi connectivity index (χ2v) is 9.49. The third-order valence-corrected chi connectivity index (χ3v) is 6.80. The smallest absolute Gasteiger partial charge is 0.411 e. The van der Waals surface area contributed by atoms with Gasteiger partial charge in [-0.25, -0.2) is 4.79 Å². The number of amides is 1. The number of esters is 2. The molecule has 1 amide bonds. The highest BCUT2D eigenvalue weighted by Crippen LogP contribution is 2.57. The number of carbonyl (C=O) groups excluding carboxylic acids is 3. The summed E-state index contributed by atoms with van der Waals surface area (Å²) in [4.78, 5) is 41.4. The fourth-order valence-electron chi connectivity index (χ4n) is 5.54. The zero-order chi connectivity index (χ0) is 23.8. The van der Waals surface area contributed by atoms with E-state index in [9.17, 15) is 14.4 Å². The van der Waals surface area contributed by atoms with Crippen molar-refractivity contribution in [2.75, 3.05) is 14.2 Å². The molecule has 0 unspecified atom stereocenters. The molecule has 33 heavy (non-hydrogen) atoms. The molecular formula is C26H29NO6. The Morgan fingerprint density at radius 3 is 1.94 bits per heavy atom. The Morgan fingerprint density at radius 2 is 1.42 bits per heavy atom. The number of benzene rings is 2. The fourth-order valence-corrected chi connectivity index (χ4v) is 5.54. The van der Waals surface area contributed by atoms with Crippen molar-refractivity contribution < 1.29 is 28.6 Å². The molecule has 174 valence electrons. The van der Waals surface area contributed by atoms with E-state index in [-0.39, 0.29) is 6.42 Å². The lowest BCUT2D eigenvalue weighted by molar-refractivity contribution is -0.173. The minimum atomic E-state index is -1.65. The van der Waals surface area contributed by atoms with Crippen molar-refractivity contribution in [3.8, 4) is 0 Å². The third kappa shape index (κ3) is 3.75. The molecule has 3 atom stereocenters. The van der Waals surface area contributed by atoms with Crippen molar-refractivity contribution in [1.82, 2.24) is 4.90 Å². The topological polar surface area (TPSA) is 82.1 Å². The molecule has 0 aromatic heterocycles. The lowest BCUT2D eigenvalue weighted by Crippen LogP contribution is -2.55. The Balaban J connectivity index is 1.89. The van der Waals surface area contributed by atoms with E-state index in [0.29, 0.717) is 6.42 Å². The van der Waals surface area contributed by atoms with Gasteiger partial charge in [-0.2, -0.15) is 0 Å². The number of cyclic esters (lactones) is 1. The Kier molecular flexibility index (Phi) is 5.91. The predicted molar refractivity (Wildman–Crippen MR) is 120 cm³/mol. The molecule has 2 aromatic rings. The average Bonchev–Trinajstić information content (AvgIpc) is 3.32. The van der Waals surface area contributed by atoms with Crippen LogP contribution in [0.4, 0.5) is 4.79 Å². The van der Waals surface area contributed by atoms with Gasteiger partial charge in [0.1, 0.15) is 6.04 Å². The van der Waals surface area contributed by atoms with E-state index in [2.05, 4.69) is 0 Å². The number of hydrogen-bond acceptors (Lipinski definition) is 6. The Bertz CT molecular complexity index is 1020. The largest absolute Gasteiger partial charge is 0.468 e. The lowest BCUT2D eigenvalue weighted by Gasteiger charge is -2.38. The van der Waals surface area contributed by atoms with E-state index < -0.39 is 47.0 Å². The molecule has 1 aliphatic carbocycles. The van der Waals surface area contributed by atoms with Crippen LogP contribution in [-0.2, 0) is 23.8 Å². The lowest BCUT2D eigenvalue weighted by atomic mass is 9.78. The molecule has 2 aromatic carbocycles. The number of ether oxygens (including phenoxy) is 3. The Labute approximate surface area is 193 Å². The molecule has 4 rings (SSSR count). The molecule has 0 spiro atoms. The van der Waals surface area contributed by atoms with Crippen LogP contribution in [0.25, 0.3) is 0 Å². The van der Waals surface area contributed by atoms with Gasteiger partial charge in [0.15, 0.2) is 11.5 Å². The van der Waals surface area contributed by atoms with Gasteiger partial charge in [0.25, 0.3) is 0 Å². The van der Waals surface area contributed by atoms with Crippen molar-refractivity contribution in [3.05, 3.63) is 71.8 Å². The summed E-state index contributed by atoms with van der Waals surface area (Å²) < 4.78 is 16.1. The van der Waals surface area contributed by atoms with Crippen LogP contribution in [0.5, 0.6) is 0 Å². The summed E-state index contributed by atoms with van der Waals surface area (Å²) in [7, 11) is 2.50. The first-order chi connectivity index (χ1) is 15.7. The van der Waals surface area contributed by atoms with Crippen LogP contribution >= 0.6 is 0 Å². The summed E-state index contributed by atoms with van der Waals surface area (Å²) in [6.45, 7) is 3.95. The van der Waals surface area contributed by atoms with E-state index in [0.717, 1.165) is 11.1 Å². The zero-order valence-corrected chi connectivity index (χ0v) is 19.3. The Hall–Kier alpha value is -3.35. The summed E-state index contributed by atoms with van der Waals surface area (Å²) in [5.74, 6) is -1.40. The molecular weight excluding hydrogens is 422 g/mol. The summed E-state index contributed by atoms with van der Waals surface area (Å²) in [5, 5.41) is 0. The second kappa shape index (κ2) is 8.54. The molecule has 2 aliphatic rings. The first-order valence-electron chi connectivity index (χ1n) is 11.0. The number of nitrogens with zero attached hydrogens (tertiary/aromatic N) is 1. The molecule has 1 saturated heterocycles. The number of carbonyl (C=O) groups is 3. The monoisotopic (exact) mass is 451 g/mol. The maximum Gasteiger partial charge on any atom is 0.411 e. The van der Waals surface area contributed by atoms with Crippen LogP contribution in [0, 0.1) is 10.8 Å². The normalized spacial score (nSPS) is 25.4. The van der Waals surface area contributed by atoms with Crippen LogP contribution in [0.3, 0.4) is 0 Å². The Morgan fingerprint density at radius 1 is 0.909 bits per heavy atom. The second-order valence-electron chi connectivity index (χ2n) is 9.49. The van der Waals surface area contributed by atoms with E-state index in [1.807, 2.05) is 74.5 Å². The summed E-state index contributed by atoms with van der Waals surface area (Å²) in [5.41, 5.74) is -0.379. The SMILES string of the molecule is COC(=O)C1(C(=O)OC)CC(C)(C)C[C@@H]1N1C(=O)O[C@@H](c2ccccc2)[C@H]1c1ccccc1. The number of methoxy groups -OCH3 is 2. The fraction of sp³-hybridized carbons (Fsp3) is 0.423. The van der Waals surface area contributed by atoms with Gasteiger partial charge in [-0.05, 0) is 29.4 Å². The molecule has 0 radical (unpaired) electrons. The highest BCUT2D eigenvalue weighted by Gasteiger charge is 2.67. The van der Waals surface area contributed by atoms with Crippen molar-refractivity contribution in [2.45, 2.75) is 44.9 Å². The van der Waals surface area contributed by atoms with Gasteiger partial charge in [0, 0.05) is 0 Å². The molecule has 1 saturated carbocycles. The van der Waals surface area contributed by atoms with Gasteiger partial charge in [0.2, 0.25) is 0 Å². The van der Waals surface area contributed by atoms with E-state index in [1.54, 1.807) is 4.90 Å². The highest BCUT2D eigenvalue weighted by molar-refractivity contribution is 6.02. The van der Waals surface area contributed by atoms with Crippen LogP contribution in [0.15, 0.2) is 60.7 Å². The molecule has 1 heterocycles. The van der Waals surface area contributed by atoms with Crippen molar-refractivity contribution in [3.63, 3.8) is 0 Å². The minimum absolute atomic E-state index is 0.200. The quantitative estimate of drug-likeness (QED) is 0.380.